The molecule has 0 bridgehead atoms. The van der Waals surface area contributed by atoms with Crippen LogP contribution in [0.25, 0.3) is 0 Å². The minimum atomic E-state index is -0.697. The van der Waals surface area contributed by atoms with Crippen molar-refractivity contribution in [2.24, 2.45) is 0 Å². The molecule has 8 heteroatoms. The summed E-state index contributed by atoms with van der Waals surface area (Å²) in [4.78, 5) is 29.8. The molecule has 36 heavy (non-hydrogen) atoms. The monoisotopic (exact) mass is 521 g/mol. The number of carbonyl (C=O) groups is 2. The van der Waals surface area contributed by atoms with Gasteiger partial charge in [-0.25, -0.2) is 0 Å². The molecular weight excluding hydrogens is 494 g/mol. The van der Waals surface area contributed by atoms with Crippen LogP contribution in [0.2, 0.25) is 5.02 Å². The summed E-state index contributed by atoms with van der Waals surface area (Å²) < 4.78 is 5.60. The molecule has 0 saturated carbocycles. The topological polar surface area (TPSA) is 61.9 Å². The predicted molar refractivity (Wildman–Crippen MR) is 148 cm³/mol. The maximum Gasteiger partial charge on any atom is 0.256 e. The lowest BCUT2D eigenvalue weighted by Gasteiger charge is -2.24. The third-order valence-corrected chi connectivity index (χ3v) is 6.55. The van der Waals surface area contributed by atoms with Gasteiger partial charge in [-0.15, -0.1) is 0 Å². The lowest BCUT2D eigenvalue weighted by atomic mass is 10.1. The van der Waals surface area contributed by atoms with Gasteiger partial charge in [-0.2, -0.15) is 0 Å². The summed E-state index contributed by atoms with van der Waals surface area (Å²) in [6.07, 6.45) is 1.56. The molecule has 3 aromatic rings. The number of nitrogens with one attached hydrogen (secondary N) is 1. The smallest absolute Gasteiger partial charge is 0.256 e. The Morgan fingerprint density at radius 2 is 1.72 bits per heavy atom. The number of carbonyl (C=O) groups excluding carboxylic acids is 2. The fourth-order valence-electron chi connectivity index (χ4n) is 4.04. The minimum absolute atomic E-state index is 0.0169. The van der Waals surface area contributed by atoms with Crippen LogP contribution in [0.4, 0.5) is 11.4 Å². The highest BCUT2D eigenvalue weighted by atomic mass is 35.5. The SMILES string of the molecule is CCCOc1ccc(NC(=O)C[C@@H]2C(=O)N(c3ccccc3)C(=S)N2CCc2ccc(Cl)cc2)cc1. The van der Waals surface area contributed by atoms with Crippen molar-refractivity contribution in [2.45, 2.75) is 32.2 Å². The molecule has 1 N–H and O–H groups in total. The molecule has 1 atom stereocenters. The van der Waals surface area contributed by atoms with Crippen LogP contribution in [0, 0.1) is 0 Å². The largest absolute Gasteiger partial charge is 0.494 e. The second-order valence-corrected chi connectivity index (χ2v) is 9.30. The Balaban J connectivity index is 1.48. The van der Waals surface area contributed by atoms with Gasteiger partial charge in [-0.05, 0) is 79.2 Å². The summed E-state index contributed by atoms with van der Waals surface area (Å²) in [5, 5.41) is 3.96. The van der Waals surface area contributed by atoms with E-state index in [0.717, 1.165) is 17.7 Å². The number of thiocarbonyl (C=S) groups is 1. The van der Waals surface area contributed by atoms with Crippen LogP contribution in [-0.2, 0) is 16.0 Å². The molecule has 186 valence electrons. The van der Waals surface area contributed by atoms with Gasteiger partial charge >= 0.3 is 0 Å². The molecule has 4 rings (SSSR count). The Bertz CT molecular complexity index is 1200. The molecule has 1 aliphatic heterocycles. The maximum atomic E-state index is 13.5. The molecule has 6 nitrogen and oxygen atoms in total. The summed E-state index contributed by atoms with van der Waals surface area (Å²) in [6.45, 7) is 3.18. The molecule has 0 aromatic heterocycles. The summed E-state index contributed by atoms with van der Waals surface area (Å²) in [5.41, 5.74) is 2.40. The highest BCUT2D eigenvalue weighted by Gasteiger charge is 2.43. The normalized spacial score (nSPS) is 15.3. The third kappa shape index (κ3) is 6.22. The Morgan fingerprint density at radius 3 is 2.39 bits per heavy atom. The first-order valence-electron chi connectivity index (χ1n) is 11.9. The van der Waals surface area contributed by atoms with E-state index < -0.39 is 6.04 Å². The Labute approximate surface area is 221 Å². The van der Waals surface area contributed by atoms with Gasteiger partial charge in [-0.1, -0.05) is 48.9 Å². The van der Waals surface area contributed by atoms with Crippen LogP contribution in [0.3, 0.4) is 0 Å². The highest BCUT2D eigenvalue weighted by Crippen LogP contribution is 2.28. The van der Waals surface area contributed by atoms with E-state index in [1.807, 2.05) is 78.6 Å². The van der Waals surface area contributed by atoms with E-state index in [4.69, 9.17) is 28.6 Å². The number of nitrogens with zero attached hydrogens (tertiary/aromatic N) is 2. The number of anilines is 2. The molecule has 2 amide bonds. The molecular formula is C28H28ClN3O3S. The minimum Gasteiger partial charge on any atom is -0.494 e. The number of rotatable bonds is 10. The van der Waals surface area contributed by atoms with E-state index in [0.29, 0.717) is 41.1 Å². The van der Waals surface area contributed by atoms with Gasteiger partial charge in [-0.3, -0.25) is 14.5 Å². The molecule has 0 aliphatic carbocycles. The molecule has 1 saturated heterocycles. The van der Waals surface area contributed by atoms with Crippen molar-refractivity contribution < 1.29 is 14.3 Å². The number of benzene rings is 3. The molecule has 0 spiro atoms. The maximum absolute atomic E-state index is 13.5. The van der Waals surface area contributed by atoms with E-state index in [1.54, 1.807) is 12.1 Å². The van der Waals surface area contributed by atoms with Gasteiger partial charge in [0.15, 0.2) is 5.11 Å². The zero-order chi connectivity index (χ0) is 25.5. The standard InChI is InChI=1S/C28H28ClN3O3S/c1-2-18-35-24-14-12-22(13-15-24)30-26(33)19-25-27(34)32(23-6-4-3-5-7-23)28(36)31(25)17-16-20-8-10-21(29)11-9-20/h3-15,25H,2,16-19H2,1H3,(H,30,33)/t25-/m1/s1. The predicted octanol–water partition coefficient (Wildman–Crippen LogP) is 5.70. The summed E-state index contributed by atoms with van der Waals surface area (Å²) >= 11 is 11.7. The van der Waals surface area contributed by atoms with Crippen LogP contribution < -0.4 is 15.0 Å². The van der Waals surface area contributed by atoms with Gasteiger partial charge in [0, 0.05) is 17.3 Å². The quantitative estimate of drug-likeness (QED) is 0.347. The zero-order valence-electron chi connectivity index (χ0n) is 20.0. The van der Waals surface area contributed by atoms with Crippen molar-refractivity contribution >= 4 is 52.1 Å². The summed E-state index contributed by atoms with van der Waals surface area (Å²) in [7, 11) is 0. The van der Waals surface area contributed by atoms with Crippen molar-refractivity contribution in [3.05, 3.63) is 89.4 Å². The van der Waals surface area contributed by atoms with E-state index in [9.17, 15) is 9.59 Å². The van der Waals surface area contributed by atoms with Gasteiger partial charge < -0.3 is 15.0 Å². The van der Waals surface area contributed by atoms with E-state index in [2.05, 4.69) is 5.32 Å². The summed E-state index contributed by atoms with van der Waals surface area (Å²) in [5.74, 6) is 0.281. The Morgan fingerprint density at radius 1 is 1.03 bits per heavy atom. The van der Waals surface area contributed by atoms with Gasteiger partial charge in [0.1, 0.15) is 11.8 Å². The van der Waals surface area contributed by atoms with E-state index in [1.165, 1.54) is 4.90 Å². The van der Waals surface area contributed by atoms with Gasteiger partial charge in [0.05, 0.1) is 18.7 Å². The zero-order valence-corrected chi connectivity index (χ0v) is 21.6. The average molecular weight is 522 g/mol. The van der Waals surface area contributed by atoms with Crippen LogP contribution in [0.1, 0.15) is 25.3 Å². The number of hydrogen-bond donors (Lipinski definition) is 1. The molecule has 1 fully saturated rings. The van der Waals surface area contributed by atoms with Crippen molar-refractivity contribution in [3.8, 4) is 5.75 Å². The Hall–Kier alpha value is -3.42. The first-order valence-corrected chi connectivity index (χ1v) is 12.7. The average Bonchev–Trinajstić information content (AvgIpc) is 3.12. The fourth-order valence-corrected chi connectivity index (χ4v) is 4.58. The fraction of sp³-hybridized carbons (Fsp3) is 0.250. The highest BCUT2D eigenvalue weighted by molar-refractivity contribution is 7.80. The molecule has 0 unspecified atom stereocenters. The van der Waals surface area contributed by atoms with Gasteiger partial charge in [0.25, 0.3) is 5.91 Å². The number of halogens is 1. The van der Waals surface area contributed by atoms with Crippen molar-refractivity contribution in [2.75, 3.05) is 23.4 Å². The number of ether oxygens (including phenoxy) is 1. The number of amides is 2. The van der Waals surface area contributed by atoms with Crippen molar-refractivity contribution in [1.82, 2.24) is 4.90 Å². The van der Waals surface area contributed by atoms with E-state index in [-0.39, 0.29) is 18.2 Å². The second kappa shape index (κ2) is 12.0. The first-order chi connectivity index (χ1) is 17.5. The lowest BCUT2D eigenvalue weighted by molar-refractivity contribution is -0.124. The first kappa shape index (κ1) is 25.7. The third-order valence-electron chi connectivity index (χ3n) is 5.88. The van der Waals surface area contributed by atoms with Gasteiger partial charge in [0.2, 0.25) is 5.91 Å². The van der Waals surface area contributed by atoms with Crippen LogP contribution in [-0.4, -0.2) is 41.0 Å². The molecule has 1 aliphatic rings. The van der Waals surface area contributed by atoms with Crippen LogP contribution in [0.5, 0.6) is 5.75 Å². The van der Waals surface area contributed by atoms with Crippen molar-refractivity contribution in [3.63, 3.8) is 0 Å². The number of hydrogen-bond acceptors (Lipinski definition) is 4. The molecule has 1 heterocycles. The van der Waals surface area contributed by atoms with Crippen molar-refractivity contribution in [1.29, 1.82) is 0 Å². The lowest BCUT2D eigenvalue weighted by Crippen LogP contribution is -2.39. The number of para-hydroxylation sites is 1. The molecule has 3 aromatic carbocycles. The van der Waals surface area contributed by atoms with Crippen LogP contribution in [0.15, 0.2) is 78.9 Å². The molecule has 0 radical (unpaired) electrons. The summed E-state index contributed by atoms with van der Waals surface area (Å²) in [6, 6.07) is 23.4. The Kier molecular flexibility index (Phi) is 8.57. The van der Waals surface area contributed by atoms with Crippen LogP contribution >= 0.6 is 23.8 Å². The van der Waals surface area contributed by atoms with E-state index >= 15 is 0 Å². The second-order valence-electron chi connectivity index (χ2n) is 8.50.